The number of aryl methyl sites for hydroxylation is 3. The van der Waals surface area contributed by atoms with E-state index in [9.17, 15) is 9.59 Å². The third-order valence-corrected chi connectivity index (χ3v) is 8.83. The summed E-state index contributed by atoms with van der Waals surface area (Å²) in [6.45, 7) is 6.44. The number of pyridine rings is 1. The van der Waals surface area contributed by atoms with Crippen molar-refractivity contribution < 1.29 is 9.59 Å². The molecule has 0 atom stereocenters. The Morgan fingerprint density at radius 2 is 1.45 bits per heavy atom. The van der Waals surface area contributed by atoms with E-state index < -0.39 is 5.41 Å². The molecule has 0 aliphatic heterocycles. The van der Waals surface area contributed by atoms with Crippen molar-refractivity contribution in [3.05, 3.63) is 87.6 Å². The van der Waals surface area contributed by atoms with Gasteiger partial charge >= 0.3 is 177 Å². The van der Waals surface area contributed by atoms with Crippen LogP contribution in [-0.4, -0.2) is 31.5 Å². The quantitative estimate of drug-likeness (QED) is 0.449. The molecule has 4 heteroatoms. The molecule has 1 aromatic heterocycles. The Hall–Kier alpha value is -2.55. The molecule has 29 heavy (non-hydrogen) atoms. The minimum atomic E-state index is -0.949. The van der Waals surface area contributed by atoms with Crippen molar-refractivity contribution >= 4 is 35.6 Å². The van der Waals surface area contributed by atoms with E-state index in [0.29, 0.717) is 24.0 Å². The number of hydrogen-bond acceptors (Lipinski definition) is 3. The van der Waals surface area contributed by atoms with Crippen LogP contribution in [0.25, 0.3) is 0 Å². The molecule has 1 spiro atoms. The van der Waals surface area contributed by atoms with E-state index in [2.05, 4.69) is 39.0 Å². The molecule has 0 radical (unpaired) electrons. The number of hydrogen-bond donors (Lipinski definition) is 0. The van der Waals surface area contributed by atoms with E-state index >= 15 is 0 Å². The summed E-state index contributed by atoms with van der Waals surface area (Å²) in [5.74, 6) is -0.0434. The number of ketones is 2. The molecule has 3 aromatic rings. The van der Waals surface area contributed by atoms with E-state index in [1.165, 1.54) is 21.2 Å². The Morgan fingerprint density at radius 3 is 2.07 bits per heavy atom. The summed E-state index contributed by atoms with van der Waals surface area (Å²) in [6.07, 6.45) is 2.85. The average molecular weight is 446 g/mol. The van der Waals surface area contributed by atoms with Crippen molar-refractivity contribution in [3.8, 4) is 0 Å². The molecule has 0 N–H and O–H groups in total. The number of fused-ring (bicyclic) bond motifs is 2. The van der Waals surface area contributed by atoms with E-state index in [1.807, 2.05) is 18.3 Å². The molecule has 0 fully saturated rings. The summed E-state index contributed by atoms with van der Waals surface area (Å²) in [6, 6.07) is 13.8. The fourth-order valence-corrected chi connectivity index (χ4v) is 6.85. The number of aromatic nitrogens is 1. The van der Waals surface area contributed by atoms with Gasteiger partial charge in [-0.3, -0.25) is 0 Å². The van der Waals surface area contributed by atoms with E-state index in [0.717, 1.165) is 15.7 Å². The van der Waals surface area contributed by atoms with Crippen LogP contribution in [0.5, 0.6) is 0 Å². The van der Waals surface area contributed by atoms with Gasteiger partial charge in [0.25, 0.3) is 0 Å². The zero-order chi connectivity index (χ0) is 20.3. The Labute approximate surface area is 176 Å². The van der Waals surface area contributed by atoms with Crippen LogP contribution in [0.15, 0.2) is 48.7 Å². The molecule has 3 nitrogen and oxygen atoms in total. The summed E-state index contributed by atoms with van der Waals surface area (Å²) in [5, 5.41) is 0. The summed E-state index contributed by atoms with van der Waals surface area (Å²) < 4.78 is 2.42. The van der Waals surface area contributed by atoms with Gasteiger partial charge in [0, 0.05) is 0 Å². The molecule has 1 heterocycles. The summed E-state index contributed by atoms with van der Waals surface area (Å²) in [5.41, 5.74) is 6.24. The van der Waals surface area contributed by atoms with Crippen molar-refractivity contribution in [2.75, 3.05) is 0 Å². The molecular formula is C25H21NO2Se. The Morgan fingerprint density at radius 1 is 0.862 bits per heavy atom. The Bertz CT molecular complexity index is 1150. The predicted molar refractivity (Wildman–Crippen MR) is 115 cm³/mol. The number of carbonyl (C=O) groups is 2. The number of benzene rings is 2. The fourth-order valence-electron chi connectivity index (χ4n) is 4.85. The zero-order valence-electron chi connectivity index (χ0n) is 16.7. The van der Waals surface area contributed by atoms with Gasteiger partial charge in [0.05, 0.1) is 0 Å². The van der Waals surface area contributed by atoms with Gasteiger partial charge in [-0.05, 0) is 0 Å². The molecule has 5 rings (SSSR count). The minimum absolute atomic E-state index is 0.0217. The first kappa shape index (κ1) is 18.5. The van der Waals surface area contributed by atoms with Crippen LogP contribution in [0.3, 0.4) is 0 Å². The Balaban J connectivity index is 1.48. The molecule has 2 aromatic carbocycles. The first-order chi connectivity index (χ1) is 13.9. The first-order valence-electron chi connectivity index (χ1n) is 9.81. The van der Waals surface area contributed by atoms with E-state index in [-0.39, 0.29) is 26.5 Å². The normalized spacial score (nSPS) is 16.4. The second-order valence-electron chi connectivity index (χ2n) is 8.26. The molecule has 0 saturated carbocycles. The SMILES string of the molecule is Cc1cc(C)c([Se]c2cc3c(cn2)CC2(C3)C(=O)c3ccccc3C2=O)c(C)c1. The van der Waals surface area contributed by atoms with Gasteiger partial charge < -0.3 is 0 Å². The van der Waals surface area contributed by atoms with Gasteiger partial charge in [-0.1, -0.05) is 0 Å². The van der Waals surface area contributed by atoms with Gasteiger partial charge in [-0.25, -0.2) is 0 Å². The number of carbonyl (C=O) groups excluding carboxylic acids is 2. The van der Waals surface area contributed by atoms with Crippen molar-refractivity contribution in [1.82, 2.24) is 4.98 Å². The maximum atomic E-state index is 13.2. The Kier molecular flexibility index (Phi) is 4.13. The van der Waals surface area contributed by atoms with Gasteiger partial charge in [0.2, 0.25) is 0 Å². The predicted octanol–water partition coefficient (Wildman–Crippen LogP) is 2.83. The average Bonchev–Trinajstić information content (AvgIpc) is 3.17. The van der Waals surface area contributed by atoms with Gasteiger partial charge in [-0.15, -0.1) is 0 Å². The molecule has 2 aliphatic rings. The number of nitrogens with zero attached hydrogens (tertiary/aromatic N) is 1. The third-order valence-electron chi connectivity index (χ3n) is 6.14. The van der Waals surface area contributed by atoms with Crippen molar-refractivity contribution in [3.63, 3.8) is 0 Å². The molecule has 0 amide bonds. The van der Waals surface area contributed by atoms with Crippen LogP contribution in [0, 0.1) is 26.2 Å². The summed E-state index contributed by atoms with van der Waals surface area (Å²) in [7, 11) is 0. The molecular weight excluding hydrogens is 425 g/mol. The summed E-state index contributed by atoms with van der Waals surface area (Å²) in [4.78, 5) is 31.0. The second kappa shape index (κ2) is 6.48. The van der Waals surface area contributed by atoms with Crippen molar-refractivity contribution in [2.45, 2.75) is 33.6 Å². The van der Waals surface area contributed by atoms with Crippen LogP contribution < -0.4 is 9.05 Å². The topological polar surface area (TPSA) is 47.0 Å². The standard InChI is InChI=1S/C25H21NO2Se/c1-14-8-15(2)22(16(3)9-14)29-21-10-17-11-25(12-18(17)13-26-21)23(27)19-6-4-5-7-20(19)24(25)28/h4-10,13H,11-12H2,1-3H3. The van der Waals surface area contributed by atoms with Crippen molar-refractivity contribution in [2.24, 2.45) is 5.41 Å². The van der Waals surface area contributed by atoms with E-state index in [1.54, 1.807) is 12.1 Å². The molecule has 2 aliphatic carbocycles. The molecule has 0 saturated heterocycles. The first-order valence-corrected chi connectivity index (χ1v) is 11.5. The van der Waals surface area contributed by atoms with Gasteiger partial charge in [-0.2, -0.15) is 0 Å². The van der Waals surface area contributed by atoms with Gasteiger partial charge in [0.1, 0.15) is 0 Å². The second-order valence-corrected chi connectivity index (χ2v) is 10.4. The van der Waals surface area contributed by atoms with Crippen LogP contribution in [0.2, 0.25) is 0 Å². The number of Topliss-reactive ketones (excluding diaryl/α,β-unsaturated/α-hetero) is 2. The van der Waals surface area contributed by atoms with Crippen LogP contribution in [0.4, 0.5) is 0 Å². The zero-order valence-corrected chi connectivity index (χ0v) is 18.4. The van der Waals surface area contributed by atoms with E-state index in [4.69, 9.17) is 4.98 Å². The number of rotatable bonds is 2. The molecule has 0 bridgehead atoms. The van der Waals surface area contributed by atoms with Crippen LogP contribution in [-0.2, 0) is 12.8 Å². The van der Waals surface area contributed by atoms with Gasteiger partial charge in [0.15, 0.2) is 0 Å². The third kappa shape index (κ3) is 2.74. The summed E-state index contributed by atoms with van der Waals surface area (Å²) >= 11 is 0.0965. The molecule has 0 unspecified atom stereocenters. The fraction of sp³-hybridized carbons (Fsp3) is 0.240. The molecule has 144 valence electrons. The van der Waals surface area contributed by atoms with Crippen LogP contribution >= 0.6 is 0 Å². The van der Waals surface area contributed by atoms with Crippen LogP contribution in [0.1, 0.15) is 48.5 Å². The maximum absolute atomic E-state index is 13.2. The monoisotopic (exact) mass is 447 g/mol. The van der Waals surface area contributed by atoms with Crippen molar-refractivity contribution in [1.29, 1.82) is 0 Å².